The fourth-order valence-corrected chi connectivity index (χ4v) is 3.59. The average Bonchev–Trinajstić information content (AvgIpc) is 2.59. The Balaban J connectivity index is 1.96. The summed E-state index contributed by atoms with van der Waals surface area (Å²) in [6.45, 7) is 6.49. The molecule has 90 valence electrons. The molecule has 1 aliphatic carbocycles. The topological polar surface area (TPSA) is 24.9 Å². The van der Waals surface area contributed by atoms with Gasteiger partial charge in [0.2, 0.25) is 0 Å². The van der Waals surface area contributed by atoms with Crippen molar-refractivity contribution in [2.45, 2.75) is 65.0 Å². The van der Waals surface area contributed by atoms with Gasteiger partial charge in [0.25, 0.3) is 0 Å². The van der Waals surface area contributed by atoms with E-state index < -0.39 is 0 Å². The first-order chi connectivity index (χ1) is 7.66. The summed E-state index contributed by atoms with van der Waals surface area (Å²) in [5.74, 6) is 0. The molecule has 0 spiro atoms. The van der Waals surface area contributed by atoms with Gasteiger partial charge in [-0.25, -0.2) is 4.98 Å². The quantitative estimate of drug-likeness (QED) is 0.867. The van der Waals surface area contributed by atoms with Gasteiger partial charge in [-0.1, -0.05) is 19.3 Å². The summed E-state index contributed by atoms with van der Waals surface area (Å²) in [5, 5.41) is 4.94. The van der Waals surface area contributed by atoms with E-state index in [1.54, 1.807) is 0 Å². The van der Waals surface area contributed by atoms with E-state index in [0.717, 1.165) is 6.04 Å². The molecule has 1 aromatic heterocycles. The molecule has 0 saturated heterocycles. The number of aryl methyl sites for hydroxylation is 2. The molecule has 0 aromatic carbocycles. The zero-order chi connectivity index (χ0) is 11.5. The monoisotopic (exact) mass is 238 g/mol. The number of nitrogens with zero attached hydrogens (tertiary/aromatic N) is 1. The van der Waals surface area contributed by atoms with Gasteiger partial charge in [-0.2, -0.15) is 0 Å². The lowest BCUT2D eigenvalue weighted by Gasteiger charge is -2.26. The molecule has 1 unspecified atom stereocenters. The first kappa shape index (κ1) is 12.1. The minimum absolute atomic E-state index is 0.467. The average molecular weight is 238 g/mol. The molecule has 0 radical (unpaired) electrons. The molecule has 2 nitrogen and oxygen atoms in total. The van der Waals surface area contributed by atoms with Gasteiger partial charge in [0.15, 0.2) is 0 Å². The molecule has 1 heterocycles. The van der Waals surface area contributed by atoms with Crippen molar-refractivity contribution in [3.05, 3.63) is 15.6 Å². The molecule has 0 bridgehead atoms. The van der Waals surface area contributed by atoms with Gasteiger partial charge in [0.1, 0.15) is 0 Å². The fourth-order valence-electron chi connectivity index (χ4n) is 2.65. The predicted molar refractivity (Wildman–Crippen MR) is 70.0 cm³/mol. The van der Waals surface area contributed by atoms with E-state index >= 15 is 0 Å². The first-order valence-corrected chi connectivity index (χ1v) is 7.18. The fraction of sp³-hybridized carbons (Fsp3) is 0.769. The van der Waals surface area contributed by atoms with Crippen LogP contribution in [0.4, 0.5) is 0 Å². The van der Waals surface area contributed by atoms with Gasteiger partial charge >= 0.3 is 0 Å². The molecule has 1 fully saturated rings. The van der Waals surface area contributed by atoms with Crippen molar-refractivity contribution < 1.29 is 0 Å². The van der Waals surface area contributed by atoms with Crippen LogP contribution in [0.5, 0.6) is 0 Å². The summed E-state index contributed by atoms with van der Waals surface area (Å²) < 4.78 is 0. The van der Waals surface area contributed by atoms with Crippen LogP contribution in [0.15, 0.2) is 0 Å². The van der Waals surface area contributed by atoms with Crippen LogP contribution in [-0.2, 0) is 0 Å². The second-order valence-electron chi connectivity index (χ2n) is 4.91. The van der Waals surface area contributed by atoms with E-state index in [-0.39, 0.29) is 0 Å². The van der Waals surface area contributed by atoms with Crippen LogP contribution in [0.25, 0.3) is 0 Å². The summed E-state index contributed by atoms with van der Waals surface area (Å²) in [6.07, 6.45) is 6.91. The molecule has 1 N–H and O–H groups in total. The zero-order valence-electron chi connectivity index (χ0n) is 10.5. The summed E-state index contributed by atoms with van der Waals surface area (Å²) in [5.41, 5.74) is 1.21. The molecule has 1 atom stereocenters. The van der Waals surface area contributed by atoms with Crippen LogP contribution in [0.3, 0.4) is 0 Å². The Bertz CT molecular complexity index is 340. The van der Waals surface area contributed by atoms with Gasteiger partial charge in [-0.15, -0.1) is 11.3 Å². The van der Waals surface area contributed by atoms with Crippen LogP contribution in [0.1, 0.15) is 60.6 Å². The number of rotatable bonds is 3. The van der Waals surface area contributed by atoms with E-state index in [0.29, 0.717) is 6.04 Å². The van der Waals surface area contributed by atoms with Crippen molar-refractivity contribution in [3.63, 3.8) is 0 Å². The van der Waals surface area contributed by atoms with Gasteiger partial charge in [0.05, 0.1) is 10.7 Å². The third kappa shape index (κ3) is 2.83. The van der Waals surface area contributed by atoms with Gasteiger partial charge < -0.3 is 5.32 Å². The summed E-state index contributed by atoms with van der Waals surface area (Å²) in [7, 11) is 0. The van der Waals surface area contributed by atoms with Crippen LogP contribution >= 0.6 is 11.3 Å². The van der Waals surface area contributed by atoms with E-state index in [4.69, 9.17) is 0 Å². The maximum absolute atomic E-state index is 4.50. The Labute approximate surface area is 102 Å². The van der Waals surface area contributed by atoms with E-state index in [9.17, 15) is 0 Å². The highest BCUT2D eigenvalue weighted by Gasteiger charge is 2.18. The second-order valence-corrected chi connectivity index (χ2v) is 6.14. The standard InChI is InChI=1S/C13H22N2S/c1-9-13(16-11(3)14-9)10(2)15-12-7-5-4-6-8-12/h10,12,15H,4-8H2,1-3H3. The number of thiazole rings is 1. The predicted octanol–water partition coefficient (Wildman–Crippen LogP) is 3.74. The maximum Gasteiger partial charge on any atom is 0.0900 e. The summed E-state index contributed by atoms with van der Waals surface area (Å²) in [6, 6.07) is 1.19. The minimum Gasteiger partial charge on any atom is -0.307 e. The second kappa shape index (κ2) is 5.28. The van der Waals surface area contributed by atoms with Crippen LogP contribution in [-0.4, -0.2) is 11.0 Å². The Morgan fingerprint density at radius 2 is 1.94 bits per heavy atom. The van der Waals surface area contributed by atoms with E-state index in [1.165, 1.54) is 47.7 Å². The molecule has 1 saturated carbocycles. The summed E-state index contributed by atoms with van der Waals surface area (Å²) in [4.78, 5) is 5.92. The third-order valence-corrected chi connectivity index (χ3v) is 4.68. The molecule has 1 aliphatic rings. The molecular weight excluding hydrogens is 216 g/mol. The molecule has 0 amide bonds. The normalized spacial score (nSPS) is 19.9. The lowest BCUT2D eigenvalue weighted by atomic mass is 9.95. The SMILES string of the molecule is Cc1nc(C)c(C(C)NC2CCCCC2)s1. The third-order valence-electron chi connectivity index (χ3n) is 3.42. The molecule has 1 aromatic rings. The molecule has 2 rings (SSSR count). The lowest BCUT2D eigenvalue weighted by Crippen LogP contribution is -2.33. The van der Waals surface area contributed by atoms with Crippen LogP contribution in [0, 0.1) is 13.8 Å². The van der Waals surface area contributed by atoms with Crippen molar-refractivity contribution in [1.82, 2.24) is 10.3 Å². The number of nitrogens with one attached hydrogen (secondary N) is 1. The Hall–Kier alpha value is -0.410. The zero-order valence-corrected chi connectivity index (χ0v) is 11.4. The van der Waals surface area contributed by atoms with E-state index in [1.807, 2.05) is 11.3 Å². The van der Waals surface area contributed by atoms with Crippen LogP contribution < -0.4 is 5.32 Å². The first-order valence-electron chi connectivity index (χ1n) is 6.37. The van der Waals surface area contributed by atoms with Crippen LogP contribution in [0.2, 0.25) is 0 Å². The highest BCUT2D eigenvalue weighted by molar-refractivity contribution is 7.11. The minimum atomic E-state index is 0.467. The largest absolute Gasteiger partial charge is 0.307 e. The van der Waals surface area contributed by atoms with Crippen molar-refractivity contribution >= 4 is 11.3 Å². The van der Waals surface area contributed by atoms with Gasteiger partial charge in [0, 0.05) is 17.0 Å². The van der Waals surface area contributed by atoms with Crippen molar-refractivity contribution in [2.24, 2.45) is 0 Å². The van der Waals surface area contributed by atoms with Gasteiger partial charge in [-0.3, -0.25) is 0 Å². The summed E-state index contributed by atoms with van der Waals surface area (Å²) >= 11 is 1.84. The smallest absolute Gasteiger partial charge is 0.0900 e. The van der Waals surface area contributed by atoms with Gasteiger partial charge in [-0.05, 0) is 33.6 Å². The van der Waals surface area contributed by atoms with E-state index in [2.05, 4.69) is 31.1 Å². The number of hydrogen-bond donors (Lipinski definition) is 1. The van der Waals surface area contributed by atoms with Crippen molar-refractivity contribution in [2.75, 3.05) is 0 Å². The highest BCUT2D eigenvalue weighted by atomic mass is 32.1. The molecule has 16 heavy (non-hydrogen) atoms. The molecule has 3 heteroatoms. The molecular formula is C13H22N2S. The van der Waals surface area contributed by atoms with Crippen molar-refractivity contribution in [1.29, 1.82) is 0 Å². The Kier molecular flexibility index (Phi) is 3.98. The maximum atomic E-state index is 4.50. The Morgan fingerprint density at radius 1 is 1.25 bits per heavy atom. The number of hydrogen-bond acceptors (Lipinski definition) is 3. The van der Waals surface area contributed by atoms with Crippen molar-refractivity contribution in [3.8, 4) is 0 Å². The Morgan fingerprint density at radius 3 is 2.50 bits per heavy atom. The number of aromatic nitrogens is 1. The molecule has 0 aliphatic heterocycles. The highest BCUT2D eigenvalue weighted by Crippen LogP contribution is 2.27. The lowest BCUT2D eigenvalue weighted by molar-refractivity contribution is 0.348.